The lowest BCUT2D eigenvalue weighted by atomic mass is 10.2. The van der Waals surface area contributed by atoms with Gasteiger partial charge in [-0.2, -0.15) is 13.2 Å². The lowest BCUT2D eigenvalue weighted by molar-refractivity contribution is -0.0517. The van der Waals surface area contributed by atoms with Gasteiger partial charge in [0.2, 0.25) is 0 Å². The van der Waals surface area contributed by atoms with Crippen molar-refractivity contribution in [2.45, 2.75) is 43.8 Å². The van der Waals surface area contributed by atoms with E-state index in [9.17, 15) is 13.2 Å². The summed E-state index contributed by atoms with van der Waals surface area (Å²) in [6, 6.07) is 32.4. The van der Waals surface area contributed by atoms with Gasteiger partial charge in [0.05, 0.1) is 19.1 Å². The van der Waals surface area contributed by atoms with E-state index in [0.29, 0.717) is 0 Å². The average molecular weight is 609 g/mol. The first-order valence-corrected chi connectivity index (χ1v) is 15.2. The molecule has 0 N–H and O–H groups in total. The maximum Gasteiger partial charge on any atom is 0.485 e. The molecule has 0 aliphatic heterocycles. The topological polar surface area (TPSA) is 75.7 Å². The van der Waals surface area contributed by atoms with Crippen molar-refractivity contribution in [1.82, 2.24) is 0 Å². The second kappa shape index (κ2) is 13.5. The third kappa shape index (κ3) is 8.44. The van der Waals surface area contributed by atoms with Gasteiger partial charge >= 0.3 is 5.51 Å². The molecule has 0 aliphatic rings. The second-order valence-electron chi connectivity index (χ2n) is 8.42. The molecule has 40 heavy (non-hydrogen) atoms. The van der Waals surface area contributed by atoms with E-state index in [1.807, 2.05) is 36.0 Å². The molecule has 4 rings (SSSR count). The van der Waals surface area contributed by atoms with Crippen LogP contribution in [0.5, 0.6) is 11.5 Å². The van der Waals surface area contributed by atoms with Crippen molar-refractivity contribution in [2.75, 3.05) is 14.2 Å². The standard InChI is InChI=1S/C28H27O2S2.CHF3O3S/c1-20-5-12-24(13-6-20)31-27-18-7-21(2)19-28(27)32(25-14-8-22(29-3)9-15-25)26-16-10-23(30-4)11-17-26;2-1(3,4)8(5,6)7/h5-19H,1-4H3;(H,5,6,7)/q+1;/p-1. The van der Waals surface area contributed by atoms with Crippen LogP contribution in [0.3, 0.4) is 0 Å². The SMILES string of the molecule is COc1ccc([S+](c2ccc(OC)cc2)c2cc(C)ccc2Sc2ccc(C)cc2)cc1.O=S(=O)([O-])C(F)(F)F. The molecule has 4 aromatic rings. The Morgan fingerprint density at radius 3 is 1.55 bits per heavy atom. The fourth-order valence-corrected chi connectivity index (χ4v) is 6.77. The summed E-state index contributed by atoms with van der Waals surface area (Å²) in [7, 11) is -2.95. The largest absolute Gasteiger partial charge is 0.741 e. The average Bonchev–Trinajstić information content (AvgIpc) is 2.91. The number of rotatable bonds is 7. The zero-order valence-corrected chi connectivity index (χ0v) is 24.5. The molecule has 0 atom stereocenters. The molecule has 4 aromatic carbocycles. The van der Waals surface area contributed by atoms with Crippen LogP contribution in [0, 0.1) is 13.8 Å². The van der Waals surface area contributed by atoms with Crippen LogP contribution in [0.2, 0.25) is 0 Å². The predicted molar refractivity (Wildman–Crippen MR) is 150 cm³/mol. The fraction of sp³-hybridized carbons (Fsp3) is 0.172. The first kappa shape index (κ1) is 31.4. The summed E-state index contributed by atoms with van der Waals surface area (Å²) in [5.41, 5.74) is -3.12. The van der Waals surface area contributed by atoms with Gasteiger partial charge in [-0.05, 0) is 92.2 Å². The Kier molecular flexibility index (Phi) is 10.6. The van der Waals surface area contributed by atoms with Crippen LogP contribution in [0.1, 0.15) is 11.1 Å². The van der Waals surface area contributed by atoms with Crippen LogP contribution < -0.4 is 9.47 Å². The van der Waals surface area contributed by atoms with E-state index in [0.717, 1.165) is 11.5 Å². The summed E-state index contributed by atoms with van der Waals surface area (Å²) >= 11 is 1.82. The van der Waals surface area contributed by atoms with Gasteiger partial charge < -0.3 is 14.0 Å². The molecule has 11 heteroatoms. The molecule has 5 nitrogen and oxygen atoms in total. The number of halogens is 3. The van der Waals surface area contributed by atoms with E-state index in [1.54, 1.807) is 14.2 Å². The number of ether oxygens (including phenoxy) is 2. The molecule has 0 aliphatic carbocycles. The van der Waals surface area contributed by atoms with Crippen molar-refractivity contribution in [3.05, 3.63) is 102 Å². The number of methoxy groups -OCH3 is 2. The van der Waals surface area contributed by atoms with Gasteiger partial charge in [0.15, 0.2) is 24.8 Å². The van der Waals surface area contributed by atoms with E-state index in [2.05, 4.69) is 80.6 Å². The van der Waals surface area contributed by atoms with Crippen molar-refractivity contribution in [3.8, 4) is 11.5 Å². The molecule has 0 bridgehead atoms. The summed E-state index contributed by atoms with van der Waals surface area (Å²) in [5.74, 6) is 1.73. The number of alkyl halides is 3. The Bertz CT molecular complexity index is 1460. The van der Waals surface area contributed by atoms with Crippen LogP contribution in [0.4, 0.5) is 13.2 Å². The van der Waals surface area contributed by atoms with Gasteiger partial charge in [0.25, 0.3) is 0 Å². The number of benzene rings is 4. The van der Waals surface area contributed by atoms with Gasteiger partial charge in [0.1, 0.15) is 22.4 Å². The summed E-state index contributed by atoms with van der Waals surface area (Å²) in [6.07, 6.45) is 0. The monoisotopic (exact) mass is 608 g/mol. The van der Waals surface area contributed by atoms with E-state index < -0.39 is 15.6 Å². The molecule has 0 fully saturated rings. The Balaban J connectivity index is 0.000000482. The molecule has 0 aromatic heterocycles. The van der Waals surface area contributed by atoms with Gasteiger partial charge in [-0.3, -0.25) is 0 Å². The van der Waals surface area contributed by atoms with Crippen molar-refractivity contribution in [2.24, 2.45) is 0 Å². The fourth-order valence-electron chi connectivity index (χ4n) is 3.41. The minimum atomic E-state index is -6.09. The van der Waals surface area contributed by atoms with Gasteiger partial charge in [-0.15, -0.1) is 0 Å². The molecule has 0 amide bonds. The zero-order chi connectivity index (χ0) is 29.5. The highest BCUT2D eigenvalue weighted by atomic mass is 32.2. The minimum Gasteiger partial charge on any atom is -0.741 e. The Hall–Kier alpha value is -3.12. The molecule has 0 saturated carbocycles. The summed E-state index contributed by atoms with van der Waals surface area (Å²) in [5, 5.41) is 0. The second-order valence-corrected chi connectivity index (χ2v) is 12.9. The molecule has 212 valence electrons. The summed E-state index contributed by atoms with van der Waals surface area (Å²) < 4.78 is 69.7. The van der Waals surface area contributed by atoms with Gasteiger partial charge in [-0.25, -0.2) is 8.42 Å². The molecule has 0 spiro atoms. The van der Waals surface area contributed by atoms with Crippen molar-refractivity contribution in [3.63, 3.8) is 0 Å². The van der Waals surface area contributed by atoms with Crippen molar-refractivity contribution >= 4 is 32.8 Å². The predicted octanol–water partition coefficient (Wildman–Crippen LogP) is 7.62. The van der Waals surface area contributed by atoms with Crippen LogP contribution >= 0.6 is 11.8 Å². The third-order valence-electron chi connectivity index (χ3n) is 5.44. The highest BCUT2D eigenvalue weighted by Crippen LogP contribution is 2.41. The smallest absolute Gasteiger partial charge is 0.485 e. The highest BCUT2D eigenvalue weighted by Gasteiger charge is 2.37. The van der Waals surface area contributed by atoms with E-state index in [4.69, 9.17) is 22.4 Å². The first-order valence-electron chi connectivity index (χ1n) is 11.7. The zero-order valence-electron chi connectivity index (χ0n) is 22.1. The maximum absolute atomic E-state index is 10.7. The lowest BCUT2D eigenvalue weighted by Crippen LogP contribution is -2.21. The van der Waals surface area contributed by atoms with Crippen LogP contribution in [-0.2, 0) is 21.0 Å². The minimum absolute atomic E-state index is 0.267. The van der Waals surface area contributed by atoms with Crippen LogP contribution in [0.25, 0.3) is 0 Å². The van der Waals surface area contributed by atoms with E-state index in [1.165, 1.54) is 35.6 Å². The number of hydrogen-bond donors (Lipinski definition) is 0. The quantitative estimate of drug-likeness (QED) is 0.122. The van der Waals surface area contributed by atoms with Gasteiger partial charge in [-0.1, -0.05) is 35.5 Å². The van der Waals surface area contributed by atoms with Crippen molar-refractivity contribution < 1.29 is 35.6 Å². The normalized spacial score (nSPS) is 11.5. The van der Waals surface area contributed by atoms with Crippen LogP contribution in [0.15, 0.2) is 115 Å². The lowest BCUT2D eigenvalue weighted by Gasteiger charge is -2.13. The highest BCUT2D eigenvalue weighted by molar-refractivity contribution is 8.01. The molecular weight excluding hydrogens is 582 g/mol. The van der Waals surface area contributed by atoms with Crippen LogP contribution in [-0.4, -0.2) is 32.7 Å². The molecular formula is C29H27F3O5S3. The third-order valence-corrected chi connectivity index (χ3v) is 9.49. The molecule has 0 unspecified atom stereocenters. The van der Waals surface area contributed by atoms with E-state index in [-0.39, 0.29) is 10.9 Å². The Labute approximate surface area is 239 Å². The summed E-state index contributed by atoms with van der Waals surface area (Å²) in [6.45, 7) is 4.28. The summed E-state index contributed by atoms with van der Waals surface area (Å²) in [4.78, 5) is 6.36. The maximum atomic E-state index is 10.7. The van der Waals surface area contributed by atoms with Crippen molar-refractivity contribution in [1.29, 1.82) is 0 Å². The Morgan fingerprint density at radius 1 is 0.725 bits per heavy atom. The number of aryl methyl sites for hydroxylation is 2. The molecule has 0 saturated heterocycles. The Morgan fingerprint density at radius 2 is 1.15 bits per heavy atom. The number of hydrogen-bond acceptors (Lipinski definition) is 6. The molecule has 0 radical (unpaired) electrons. The van der Waals surface area contributed by atoms with E-state index >= 15 is 0 Å². The molecule has 0 heterocycles. The first-order chi connectivity index (χ1) is 18.8. The van der Waals surface area contributed by atoms with Gasteiger partial charge in [0, 0.05) is 4.90 Å².